The predicted octanol–water partition coefficient (Wildman–Crippen LogP) is 3.03. The number of ether oxygens (including phenoxy) is 1. The molecule has 0 N–H and O–H groups in total. The van der Waals surface area contributed by atoms with Crippen LogP contribution in [-0.4, -0.2) is 22.4 Å². The second-order valence-electron chi connectivity index (χ2n) is 4.60. The van der Waals surface area contributed by atoms with Crippen molar-refractivity contribution in [1.29, 1.82) is 0 Å². The summed E-state index contributed by atoms with van der Waals surface area (Å²) in [5, 5.41) is 0.314. The molecule has 5 heteroatoms. The van der Waals surface area contributed by atoms with E-state index in [1.807, 2.05) is 0 Å². The van der Waals surface area contributed by atoms with E-state index in [-0.39, 0.29) is 0 Å². The summed E-state index contributed by atoms with van der Waals surface area (Å²) in [6.45, 7) is 5.38. The van der Waals surface area contributed by atoms with E-state index in [9.17, 15) is 9.35 Å². The van der Waals surface area contributed by atoms with Crippen LogP contribution in [0.4, 0.5) is 0 Å². The second kappa shape index (κ2) is 5.29. The normalized spacial score (nSPS) is 13.3. The zero-order chi connectivity index (χ0) is 13.2. The van der Waals surface area contributed by atoms with E-state index in [1.165, 1.54) is 12.3 Å². The highest BCUT2D eigenvalue weighted by Gasteiger charge is 2.20. The van der Waals surface area contributed by atoms with Crippen molar-refractivity contribution in [2.45, 2.75) is 31.3 Å². The average Bonchev–Trinajstić information content (AvgIpc) is 2.14. The molecule has 1 rings (SSSR count). The zero-order valence-electron chi connectivity index (χ0n) is 10.2. The zero-order valence-corrected chi connectivity index (χ0v) is 11.8. The van der Waals surface area contributed by atoms with Crippen molar-refractivity contribution < 1.29 is 14.1 Å². The van der Waals surface area contributed by atoms with Crippen LogP contribution in [0, 0.1) is 0 Å². The number of carbonyl (C=O) groups is 1. The van der Waals surface area contributed by atoms with Crippen LogP contribution in [0.2, 0.25) is 5.02 Å². The molecule has 0 aromatic heterocycles. The van der Waals surface area contributed by atoms with Gasteiger partial charge in [0.2, 0.25) is 0 Å². The summed E-state index contributed by atoms with van der Waals surface area (Å²) in [5.74, 6) is -0.437. The Morgan fingerprint density at radius 3 is 2.41 bits per heavy atom. The Labute approximate surface area is 109 Å². The van der Waals surface area contributed by atoms with Crippen molar-refractivity contribution in [2.24, 2.45) is 0 Å². The molecule has 0 heterocycles. The predicted molar refractivity (Wildman–Crippen MR) is 69.0 cm³/mol. The van der Waals surface area contributed by atoms with Gasteiger partial charge in [-0.2, -0.15) is 0 Å². The van der Waals surface area contributed by atoms with Gasteiger partial charge in [-0.25, -0.2) is 4.79 Å². The van der Waals surface area contributed by atoms with E-state index in [2.05, 4.69) is 0 Å². The molecule has 0 fully saturated rings. The maximum Gasteiger partial charge on any atom is 0.338 e. The van der Waals surface area contributed by atoms with Crippen molar-refractivity contribution in [3.63, 3.8) is 0 Å². The first-order chi connectivity index (χ1) is 7.70. The number of carbonyl (C=O) groups excluding carboxylic acids is 1. The van der Waals surface area contributed by atoms with Crippen molar-refractivity contribution in [3.8, 4) is 0 Å². The highest BCUT2D eigenvalue weighted by Crippen LogP contribution is 2.23. The third-order valence-electron chi connectivity index (χ3n) is 1.88. The van der Waals surface area contributed by atoms with Gasteiger partial charge < -0.3 is 9.29 Å². The van der Waals surface area contributed by atoms with E-state index in [1.54, 1.807) is 32.9 Å². The first-order valence-corrected chi connectivity index (χ1v) is 7.00. The third kappa shape index (κ3) is 4.22. The van der Waals surface area contributed by atoms with Gasteiger partial charge in [0.05, 0.1) is 10.6 Å². The molecule has 0 saturated carbocycles. The first-order valence-electron chi connectivity index (χ1n) is 5.07. The molecule has 0 saturated heterocycles. The lowest BCUT2D eigenvalue weighted by Gasteiger charge is -2.19. The minimum Gasteiger partial charge on any atom is -0.612 e. The average molecular weight is 275 g/mol. The van der Waals surface area contributed by atoms with E-state index in [4.69, 9.17) is 16.3 Å². The molecule has 1 aromatic carbocycles. The highest BCUT2D eigenvalue weighted by molar-refractivity contribution is 7.90. The first kappa shape index (κ1) is 14.4. The number of rotatable bonds is 2. The Bertz CT molecular complexity index is 424. The van der Waals surface area contributed by atoms with Gasteiger partial charge in [-0.05, 0) is 50.1 Å². The van der Waals surface area contributed by atoms with Gasteiger partial charge in [-0.1, -0.05) is 11.6 Å². The molecule has 1 atom stereocenters. The fourth-order valence-corrected chi connectivity index (χ4v) is 2.30. The Morgan fingerprint density at radius 1 is 1.41 bits per heavy atom. The van der Waals surface area contributed by atoms with Gasteiger partial charge in [0.15, 0.2) is 4.90 Å². The standard InChI is InChI=1S/C12H15ClO3S/c1-12(2,3)16-11(14)8-5-6-10(17(4)15)9(13)7-8/h5-7H,1-4H3. The van der Waals surface area contributed by atoms with Crippen LogP contribution in [-0.2, 0) is 15.9 Å². The molecule has 17 heavy (non-hydrogen) atoms. The Kier molecular flexibility index (Phi) is 4.47. The van der Waals surface area contributed by atoms with Gasteiger partial charge in [0.25, 0.3) is 0 Å². The Hall–Kier alpha value is -0.710. The number of hydrogen-bond acceptors (Lipinski definition) is 3. The molecule has 0 bridgehead atoms. The molecule has 94 valence electrons. The van der Waals surface area contributed by atoms with E-state index < -0.39 is 22.7 Å². The van der Waals surface area contributed by atoms with Gasteiger partial charge in [0.1, 0.15) is 11.9 Å². The topological polar surface area (TPSA) is 49.4 Å². The summed E-state index contributed by atoms with van der Waals surface area (Å²) >= 11 is 4.77. The molecule has 3 nitrogen and oxygen atoms in total. The van der Waals surface area contributed by atoms with Crippen LogP contribution >= 0.6 is 11.6 Å². The molecule has 1 aromatic rings. The van der Waals surface area contributed by atoms with Crippen LogP contribution in [0.3, 0.4) is 0 Å². The molecule has 0 radical (unpaired) electrons. The van der Waals surface area contributed by atoms with E-state index in [0.717, 1.165) is 0 Å². The molecule has 0 amide bonds. The maximum absolute atomic E-state index is 11.7. The summed E-state index contributed by atoms with van der Waals surface area (Å²) in [6, 6.07) is 4.63. The van der Waals surface area contributed by atoms with E-state index in [0.29, 0.717) is 15.5 Å². The summed E-state index contributed by atoms with van der Waals surface area (Å²) < 4.78 is 16.5. The molecule has 0 aliphatic rings. The fourth-order valence-electron chi connectivity index (χ4n) is 1.20. The third-order valence-corrected chi connectivity index (χ3v) is 3.28. The lowest BCUT2D eigenvalue weighted by Crippen LogP contribution is -2.23. The van der Waals surface area contributed by atoms with Crippen molar-refractivity contribution in [3.05, 3.63) is 28.8 Å². The van der Waals surface area contributed by atoms with Crippen LogP contribution in [0.1, 0.15) is 31.1 Å². The van der Waals surface area contributed by atoms with E-state index >= 15 is 0 Å². The monoisotopic (exact) mass is 274 g/mol. The lowest BCUT2D eigenvalue weighted by atomic mass is 10.1. The summed E-state index contributed by atoms with van der Waals surface area (Å²) in [4.78, 5) is 12.2. The number of esters is 1. The van der Waals surface area contributed by atoms with Gasteiger partial charge in [-0.3, -0.25) is 0 Å². The number of halogens is 1. The van der Waals surface area contributed by atoms with Crippen LogP contribution in [0.5, 0.6) is 0 Å². The number of hydrogen-bond donors (Lipinski definition) is 0. The minimum atomic E-state index is -1.17. The van der Waals surface area contributed by atoms with Crippen LogP contribution < -0.4 is 0 Å². The second-order valence-corrected chi connectivity index (χ2v) is 6.36. The molecule has 0 aliphatic carbocycles. The Morgan fingerprint density at radius 2 is 2.00 bits per heavy atom. The molecule has 1 unspecified atom stereocenters. The summed E-state index contributed by atoms with van der Waals surface area (Å²) in [7, 11) is 0. The molecular weight excluding hydrogens is 260 g/mol. The minimum absolute atomic E-state index is 0.314. The Balaban J connectivity index is 2.94. The van der Waals surface area contributed by atoms with Crippen LogP contribution in [0.15, 0.2) is 23.1 Å². The summed E-state index contributed by atoms with van der Waals surface area (Å²) in [6.07, 6.45) is 1.54. The quantitative estimate of drug-likeness (QED) is 0.615. The molecular formula is C12H15ClO3S. The molecule has 0 aliphatic heterocycles. The van der Waals surface area contributed by atoms with Crippen molar-refractivity contribution >= 4 is 28.7 Å². The van der Waals surface area contributed by atoms with Crippen molar-refractivity contribution in [2.75, 3.05) is 6.26 Å². The largest absolute Gasteiger partial charge is 0.612 e. The van der Waals surface area contributed by atoms with Crippen LogP contribution in [0.25, 0.3) is 0 Å². The number of benzene rings is 1. The summed E-state index contributed by atoms with van der Waals surface area (Å²) in [5.41, 5.74) is -0.186. The van der Waals surface area contributed by atoms with Crippen molar-refractivity contribution in [1.82, 2.24) is 0 Å². The maximum atomic E-state index is 11.7. The highest BCUT2D eigenvalue weighted by atomic mass is 35.5. The smallest absolute Gasteiger partial charge is 0.338 e. The molecule has 0 spiro atoms. The lowest BCUT2D eigenvalue weighted by molar-refractivity contribution is 0.00694. The van der Waals surface area contributed by atoms with Gasteiger partial charge >= 0.3 is 5.97 Å². The van der Waals surface area contributed by atoms with Gasteiger partial charge in [0, 0.05) is 0 Å². The fraction of sp³-hybridized carbons (Fsp3) is 0.417. The van der Waals surface area contributed by atoms with Gasteiger partial charge in [-0.15, -0.1) is 0 Å². The SMILES string of the molecule is C[S+]([O-])c1ccc(C(=O)OC(C)(C)C)cc1Cl.